The number of ketones is 1. The number of carbonyl (C=O) groups is 2. The Bertz CT molecular complexity index is 887. The Morgan fingerprint density at radius 1 is 1.00 bits per heavy atom. The lowest BCUT2D eigenvalue weighted by atomic mass is 9.47. The smallest absolute Gasteiger partial charge is 0.306 e. The van der Waals surface area contributed by atoms with E-state index in [4.69, 9.17) is 4.74 Å². The van der Waals surface area contributed by atoms with Gasteiger partial charge in [0.2, 0.25) is 0 Å². The molecule has 0 N–H and O–H groups in total. The van der Waals surface area contributed by atoms with Crippen molar-refractivity contribution in [3.8, 4) is 0 Å². The van der Waals surface area contributed by atoms with Crippen LogP contribution in [0, 0.1) is 28.6 Å². The molecule has 0 amide bonds. The highest BCUT2D eigenvalue weighted by Crippen LogP contribution is 2.65. The number of ether oxygens (including phenoxy) is 1. The third kappa shape index (κ3) is 3.58. The number of carbonyl (C=O) groups excluding carboxylic acids is 2. The molecule has 0 spiro atoms. The van der Waals surface area contributed by atoms with Gasteiger partial charge in [0.25, 0.3) is 0 Å². The van der Waals surface area contributed by atoms with Crippen molar-refractivity contribution in [1.82, 2.24) is 0 Å². The number of allylic oxidation sites excluding steroid dienone is 1. The second-order valence-electron chi connectivity index (χ2n) is 11.1. The van der Waals surface area contributed by atoms with Gasteiger partial charge in [-0.05, 0) is 86.2 Å². The number of rotatable bonds is 4. The number of esters is 1. The summed E-state index contributed by atoms with van der Waals surface area (Å²) in [5, 5.41) is 0. The Morgan fingerprint density at radius 3 is 2.61 bits per heavy atom. The van der Waals surface area contributed by atoms with Crippen LogP contribution < -0.4 is 0 Å². The predicted molar refractivity (Wildman–Crippen MR) is 121 cm³/mol. The fourth-order valence-corrected chi connectivity index (χ4v) is 7.81. The third-order valence-electron chi connectivity index (χ3n) is 9.61. The Labute approximate surface area is 186 Å². The van der Waals surface area contributed by atoms with Crippen molar-refractivity contribution < 1.29 is 14.3 Å². The van der Waals surface area contributed by atoms with Gasteiger partial charge < -0.3 is 4.74 Å². The second kappa shape index (κ2) is 7.90. The molecule has 4 aliphatic rings. The molecular weight excluding hydrogens is 384 g/mol. The lowest BCUT2D eigenvalue weighted by Gasteiger charge is -2.57. The number of aryl methyl sites for hydroxylation is 1. The van der Waals surface area contributed by atoms with Crippen LogP contribution in [0.1, 0.15) is 77.2 Å². The van der Waals surface area contributed by atoms with E-state index in [1.165, 1.54) is 30.4 Å². The summed E-state index contributed by atoms with van der Waals surface area (Å²) in [6.45, 7) is 4.83. The first-order chi connectivity index (χ1) is 14.9. The Morgan fingerprint density at radius 2 is 1.81 bits per heavy atom. The summed E-state index contributed by atoms with van der Waals surface area (Å²) < 4.78 is 6.14. The van der Waals surface area contributed by atoms with Crippen molar-refractivity contribution >= 4 is 11.8 Å². The predicted octanol–water partition coefficient (Wildman–Crippen LogP) is 6.06. The molecule has 3 heteroatoms. The molecule has 0 saturated heterocycles. The SMILES string of the molecule is C[C@]12CC[C@@H]3[C@@H](CCC4=CC(=O)CC[C@@]43C)[C@H]1CC[C@@H]2OC(=O)CCc1ccccc1. The fraction of sp³-hybridized carbons (Fsp3) is 0.643. The van der Waals surface area contributed by atoms with Gasteiger partial charge in [-0.2, -0.15) is 0 Å². The van der Waals surface area contributed by atoms with Gasteiger partial charge >= 0.3 is 5.97 Å². The van der Waals surface area contributed by atoms with E-state index in [1.54, 1.807) is 0 Å². The van der Waals surface area contributed by atoms with E-state index >= 15 is 0 Å². The summed E-state index contributed by atoms with van der Waals surface area (Å²) in [6.07, 6.45) is 11.8. The maximum absolute atomic E-state index is 12.7. The van der Waals surface area contributed by atoms with Gasteiger partial charge in [0.05, 0.1) is 0 Å². The summed E-state index contributed by atoms with van der Waals surface area (Å²) in [4.78, 5) is 24.7. The van der Waals surface area contributed by atoms with Crippen LogP contribution in [0.15, 0.2) is 42.0 Å². The van der Waals surface area contributed by atoms with E-state index in [0.29, 0.717) is 36.4 Å². The first kappa shape index (κ1) is 21.0. The molecule has 3 saturated carbocycles. The normalized spacial score (nSPS) is 39.2. The summed E-state index contributed by atoms with van der Waals surface area (Å²) in [5.74, 6) is 2.34. The number of benzene rings is 1. The lowest BCUT2D eigenvalue weighted by Crippen LogP contribution is -2.51. The number of fused-ring (bicyclic) bond motifs is 5. The van der Waals surface area contributed by atoms with Crippen molar-refractivity contribution in [2.45, 2.75) is 84.2 Å². The summed E-state index contributed by atoms with van der Waals surface area (Å²) in [7, 11) is 0. The van der Waals surface area contributed by atoms with Crippen LogP contribution in [0.5, 0.6) is 0 Å². The van der Waals surface area contributed by atoms with Gasteiger partial charge in [0, 0.05) is 18.3 Å². The molecule has 1 aromatic carbocycles. The second-order valence-corrected chi connectivity index (χ2v) is 11.1. The van der Waals surface area contributed by atoms with Gasteiger partial charge in [-0.15, -0.1) is 0 Å². The summed E-state index contributed by atoms with van der Waals surface area (Å²) in [5.41, 5.74) is 2.95. The minimum Gasteiger partial charge on any atom is -0.462 e. The first-order valence-corrected chi connectivity index (χ1v) is 12.4. The molecule has 31 heavy (non-hydrogen) atoms. The van der Waals surface area contributed by atoms with Crippen molar-refractivity contribution in [3.63, 3.8) is 0 Å². The van der Waals surface area contributed by atoms with E-state index < -0.39 is 0 Å². The summed E-state index contributed by atoms with van der Waals surface area (Å²) in [6, 6.07) is 10.2. The zero-order valence-corrected chi connectivity index (χ0v) is 19.1. The molecule has 166 valence electrons. The van der Waals surface area contributed by atoms with E-state index in [2.05, 4.69) is 26.0 Å². The van der Waals surface area contributed by atoms with Crippen molar-refractivity contribution in [3.05, 3.63) is 47.5 Å². The first-order valence-electron chi connectivity index (χ1n) is 12.4. The van der Waals surface area contributed by atoms with Gasteiger partial charge in [-0.3, -0.25) is 9.59 Å². The van der Waals surface area contributed by atoms with Crippen LogP contribution in [0.3, 0.4) is 0 Å². The molecular formula is C28H36O3. The minimum absolute atomic E-state index is 0.0375. The van der Waals surface area contributed by atoms with Crippen molar-refractivity contribution in [2.75, 3.05) is 0 Å². The molecule has 0 aliphatic heterocycles. The van der Waals surface area contributed by atoms with E-state index in [0.717, 1.165) is 32.1 Å². The third-order valence-corrected chi connectivity index (χ3v) is 9.61. The van der Waals surface area contributed by atoms with Gasteiger partial charge in [0.15, 0.2) is 5.78 Å². The monoisotopic (exact) mass is 420 g/mol. The molecule has 3 nitrogen and oxygen atoms in total. The molecule has 4 aliphatic carbocycles. The Balaban J connectivity index is 1.26. The van der Waals surface area contributed by atoms with Crippen LogP contribution in [0.25, 0.3) is 0 Å². The van der Waals surface area contributed by atoms with E-state index in [9.17, 15) is 9.59 Å². The van der Waals surface area contributed by atoms with Crippen molar-refractivity contribution in [1.29, 1.82) is 0 Å². The standard InChI is InChI=1S/C28H36O3/c1-27-16-14-21(29)18-20(27)9-10-22-23-11-12-25(28(23,2)17-15-24(22)27)31-26(30)13-8-19-6-4-3-5-7-19/h3-7,18,22-25H,8-17H2,1-2H3/t22-,23+,24+,25-,27-,28-/m0/s1. The molecule has 0 unspecified atom stereocenters. The zero-order chi connectivity index (χ0) is 21.6. The molecule has 6 atom stereocenters. The lowest BCUT2D eigenvalue weighted by molar-refractivity contribution is -0.159. The van der Waals surface area contributed by atoms with Crippen LogP contribution in [0.2, 0.25) is 0 Å². The van der Waals surface area contributed by atoms with Crippen LogP contribution in [-0.4, -0.2) is 17.9 Å². The fourth-order valence-electron chi connectivity index (χ4n) is 7.81. The Hall–Kier alpha value is -1.90. The largest absolute Gasteiger partial charge is 0.462 e. The maximum atomic E-state index is 12.7. The zero-order valence-electron chi connectivity index (χ0n) is 19.1. The van der Waals surface area contributed by atoms with Crippen LogP contribution >= 0.6 is 0 Å². The highest BCUT2D eigenvalue weighted by Gasteiger charge is 2.59. The average molecular weight is 421 g/mol. The molecule has 0 aromatic heterocycles. The molecule has 0 heterocycles. The highest BCUT2D eigenvalue weighted by molar-refractivity contribution is 5.91. The molecule has 0 radical (unpaired) electrons. The number of hydrogen-bond acceptors (Lipinski definition) is 3. The average Bonchev–Trinajstić information content (AvgIpc) is 3.10. The quantitative estimate of drug-likeness (QED) is 0.556. The summed E-state index contributed by atoms with van der Waals surface area (Å²) >= 11 is 0. The molecule has 0 bridgehead atoms. The van der Waals surface area contributed by atoms with Gasteiger partial charge in [-0.1, -0.05) is 49.8 Å². The molecule has 5 rings (SSSR count). The highest BCUT2D eigenvalue weighted by atomic mass is 16.5. The van der Waals surface area contributed by atoms with Crippen molar-refractivity contribution in [2.24, 2.45) is 28.6 Å². The van der Waals surface area contributed by atoms with Crippen LogP contribution in [0.4, 0.5) is 0 Å². The molecule has 1 aromatic rings. The minimum atomic E-state index is -0.0375. The van der Waals surface area contributed by atoms with Gasteiger partial charge in [0.1, 0.15) is 6.10 Å². The number of hydrogen-bond donors (Lipinski definition) is 0. The van der Waals surface area contributed by atoms with Crippen LogP contribution in [-0.2, 0) is 20.7 Å². The topological polar surface area (TPSA) is 43.4 Å². The van der Waals surface area contributed by atoms with E-state index in [1.807, 2.05) is 24.3 Å². The van der Waals surface area contributed by atoms with Gasteiger partial charge in [-0.25, -0.2) is 0 Å². The Kier molecular flexibility index (Phi) is 5.35. The molecule has 3 fully saturated rings. The maximum Gasteiger partial charge on any atom is 0.306 e. The van der Waals surface area contributed by atoms with E-state index in [-0.39, 0.29) is 22.9 Å².